The number of fused-ring (bicyclic) bond motifs is 1. The van der Waals surface area contributed by atoms with Crippen molar-refractivity contribution in [2.24, 2.45) is 5.73 Å². The zero-order valence-corrected chi connectivity index (χ0v) is 16.8. The average molecular weight is 429 g/mol. The van der Waals surface area contributed by atoms with Crippen LogP contribution in [0.3, 0.4) is 0 Å². The number of nitrogens with zero attached hydrogens (tertiary/aromatic N) is 1. The number of nitrogens with one attached hydrogen (secondary N) is 1. The van der Waals surface area contributed by atoms with E-state index in [4.69, 9.17) is 5.73 Å². The summed E-state index contributed by atoms with van der Waals surface area (Å²) < 4.78 is 27.3. The Morgan fingerprint density at radius 1 is 1.23 bits per heavy atom. The van der Waals surface area contributed by atoms with E-state index in [0.717, 1.165) is 22.5 Å². The molecule has 5 nitrogen and oxygen atoms in total. The van der Waals surface area contributed by atoms with Crippen molar-refractivity contribution in [3.63, 3.8) is 0 Å². The molecule has 1 heterocycles. The second kappa shape index (κ2) is 10.3. The van der Waals surface area contributed by atoms with Crippen LogP contribution in [0.25, 0.3) is 17.0 Å². The van der Waals surface area contributed by atoms with Gasteiger partial charge in [0.1, 0.15) is 11.6 Å². The van der Waals surface area contributed by atoms with E-state index >= 15 is 0 Å². The van der Waals surface area contributed by atoms with Gasteiger partial charge < -0.3 is 16.2 Å². The van der Waals surface area contributed by atoms with Crippen LogP contribution in [-0.4, -0.2) is 28.5 Å². The zero-order chi connectivity index (χ0) is 21.5. The second-order valence-electron chi connectivity index (χ2n) is 6.55. The van der Waals surface area contributed by atoms with Crippen molar-refractivity contribution in [2.75, 3.05) is 12.5 Å². The van der Waals surface area contributed by atoms with Crippen LogP contribution < -0.4 is 11.1 Å². The molecule has 8 heteroatoms. The van der Waals surface area contributed by atoms with E-state index in [9.17, 15) is 18.7 Å². The highest BCUT2D eigenvalue weighted by atomic mass is 32.2. The van der Waals surface area contributed by atoms with Gasteiger partial charge in [-0.25, -0.2) is 8.78 Å². The molecule has 3 rings (SSSR count). The van der Waals surface area contributed by atoms with Crippen molar-refractivity contribution in [2.45, 2.75) is 12.5 Å². The van der Waals surface area contributed by atoms with Gasteiger partial charge in [0.15, 0.2) is 0 Å². The molecule has 4 N–H and O–H groups in total. The molecule has 1 unspecified atom stereocenters. The number of thioether (sulfide) groups is 1. The average Bonchev–Trinajstić information content (AvgIpc) is 2.72. The standard InChI is InChI=1S/C22H21F2N3O2S/c23-16-4-5-17(18(24)12-16)20(7-9-28)27-13-30-21(22(25)29)11-14-3-6-19-15(10-14)2-1-8-26-19/h1-6,8,10-12,20,27-28H,7,9,13H2,(H2,25,29)/b21-11-. The smallest absolute Gasteiger partial charge is 0.255 e. The number of carbonyl (C=O) groups excluding carboxylic acids is 1. The van der Waals surface area contributed by atoms with Gasteiger partial charge in [0.05, 0.1) is 10.4 Å². The number of aromatic nitrogens is 1. The summed E-state index contributed by atoms with van der Waals surface area (Å²) in [4.78, 5) is 16.5. The van der Waals surface area contributed by atoms with Crippen molar-refractivity contribution >= 4 is 34.6 Å². The number of amides is 1. The first-order valence-corrected chi connectivity index (χ1v) is 10.2. The first-order valence-electron chi connectivity index (χ1n) is 9.26. The monoisotopic (exact) mass is 429 g/mol. The molecule has 0 saturated carbocycles. The molecule has 156 valence electrons. The minimum atomic E-state index is -0.693. The summed E-state index contributed by atoms with van der Waals surface area (Å²) in [7, 11) is 0. The van der Waals surface area contributed by atoms with Crippen molar-refractivity contribution in [3.8, 4) is 0 Å². The fourth-order valence-electron chi connectivity index (χ4n) is 3.02. The SMILES string of the molecule is NC(=O)/C(=C/c1ccc2ncccc2c1)SCNC(CCO)c1ccc(F)cc1F. The summed E-state index contributed by atoms with van der Waals surface area (Å²) in [5, 5.41) is 13.3. The van der Waals surface area contributed by atoms with E-state index in [1.165, 1.54) is 23.9 Å². The Bertz CT molecular complexity index is 1080. The van der Waals surface area contributed by atoms with Crippen LogP contribution in [0.4, 0.5) is 8.78 Å². The third-order valence-corrected chi connectivity index (χ3v) is 5.42. The van der Waals surface area contributed by atoms with E-state index < -0.39 is 23.6 Å². The molecule has 0 aliphatic rings. The van der Waals surface area contributed by atoms with Crippen molar-refractivity contribution in [1.82, 2.24) is 10.3 Å². The Morgan fingerprint density at radius 2 is 2.07 bits per heavy atom. The molecule has 0 spiro atoms. The molecule has 0 aliphatic heterocycles. The minimum Gasteiger partial charge on any atom is -0.396 e. The van der Waals surface area contributed by atoms with Crippen LogP contribution in [0.15, 0.2) is 59.6 Å². The first kappa shape index (κ1) is 21.9. The van der Waals surface area contributed by atoms with E-state index in [1.54, 1.807) is 12.3 Å². The summed E-state index contributed by atoms with van der Waals surface area (Å²) in [6.07, 6.45) is 3.62. The van der Waals surface area contributed by atoms with Crippen molar-refractivity contribution in [3.05, 3.63) is 82.4 Å². The molecular weight excluding hydrogens is 408 g/mol. The molecule has 1 aromatic heterocycles. The number of carbonyl (C=O) groups is 1. The molecule has 1 atom stereocenters. The lowest BCUT2D eigenvalue weighted by Gasteiger charge is -2.19. The maximum absolute atomic E-state index is 14.1. The molecule has 0 fully saturated rings. The van der Waals surface area contributed by atoms with Gasteiger partial charge in [0.2, 0.25) is 0 Å². The Morgan fingerprint density at radius 3 is 2.80 bits per heavy atom. The van der Waals surface area contributed by atoms with E-state index in [1.807, 2.05) is 30.3 Å². The number of nitrogens with two attached hydrogens (primary N) is 1. The molecule has 0 aliphatic carbocycles. The highest BCUT2D eigenvalue weighted by Gasteiger charge is 2.16. The largest absolute Gasteiger partial charge is 0.396 e. The highest BCUT2D eigenvalue weighted by molar-refractivity contribution is 8.04. The van der Waals surface area contributed by atoms with Crippen molar-refractivity contribution in [1.29, 1.82) is 0 Å². The number of aliphatic hydroxyl groups excluding tert-OH is 1. The number of hydrogen-bond acceptors (Lipinski definition) is 5. The van der Waals surface area contributed by atoms with Gasteiger partial charge in [-0.05, 0) is 42.3 Å². The van der Waals surface area contributed by atoms with Gasteiger partial charge >= 0.3 is 0 Å². The Balaban J connectivity index is 1.72. The molecule has 0 saturated heterocycles. The fourth-order valence-corrected chi connectivity index (χ4v) is 3.82. The van der Waals surface area contributed by atoms with E-state index in [0.29, 0.717) is 4.91 Å². The second-order valence-corrected chi connectivity index (χ2v) is 7.57. The molecule has 0 radical (unpaired) electrons. The summed E-state index contributed by atoms with van der Waals surface area (Å²) in [5.74, 6) is -1.70. The Hall–Kier alpha value is -2.81. The maximum atomic E-state index is 14.1. The number of rotatable bonds is 9. The zero-order valence-electron chi connectivity index (χ0n) is 16.0. The predicted molar refractivity (Wildman–Crippen MR) is 115 cm³/mol. The van der Waals surface area contributed by atoms with Crippen LogP contribution in [0.1, 0.15) is 23.6 Å². The summed E-state index contributed by atoms with van der Waals surface area (Å²) >= 11 is 1.17. The quantitative estimate of drug-likeness (QED) is 0.356. The number of hydrogen-bond donors (Lipinski definition) is 3. The molecule has 0 bridgehead atoms. The minimum absolute atomic E-state index is 0.178. The molecular formula is C22H21F2N3O2S. The summed E-state index contributed by atoms with van der Waals surface area (Å²) in [6.45, 7) is -0.178. The van der Waals surface area contributed by atoms with Crippen LogP contribution in [0.5, 0.6) is 0 Å². The molecule has 1 amide bonds. The lowest BCUT2D eigenvalue weighted by atomic mass is 10.0. The maximum Gasteiger partial charge on any atom is 0.255 e. The van der Waals surface area contributed by atoms with Gasteiger partial charge in [0, 0.05) is 41.7 Å². The Labute approximate surface area is 177 Å². The van der Waals surface area contributed by atoms with Crippen LogP contribution in [0, 0.1) is 11.6 Å². The third kappa shape index (κ3) is 5.63. The number of benzene rings is 2. The number of halogens is 2. The fraction of sp³-hybridized carbons (Fsp3) is 0.182. The van der Waals surface area contributed by atoms with Gasteiger partial charge in [0.25, 0.3) is 5.91 Å². The molecule has 3 aromatic rings. The van der Waals surface area contributed by atoms with Crippen LogP contribution >= 0.6 is 11.8 Å². The molecule has 30 heavy (non-hydrogen) atoms. The summed E-state index contributed by atoms with van der Waals surface area (Å²) in [5.41, 5.74) is 7.41. The highest BCUT2D eigenvalue weighted by Crippen LogP contribution is 2.24. The molecule has 2 aromatic carbocycles. The normalized spacial score (nSPS) is 12.8. The van der Waals surface area contributed by atoms with Gasteiger partial charge in [-0.15, -0.1) is 11.8 Å². The lowest BCUT2D eigenvalue weighted by molar-refractivity contribution is -0.113. The van der Waals surface area contributed by atoms with Crippen LogP contribution in [0.2, 0.25) is 0 Å². The number of pyridine rings is 1. The van der Waals surface area contributed by atoms with E-state index in [2.05, 4.69) is 10.3 Å². The Kier molecular flexibility index (Phi) is 7.51. The van der Waals surface area contributed by atoms with Crippen LogP contribution in [-0.2, 0) is 4.79 Å². The first-order chi connectivity index (χ1) is 14.5. The number of aliphatic hydroxyl groups is 1. The topological polar surface area (TPSA) is 88.2 Å². The van der Waals surface area contributed by atoms with Gasteiger partial charge in [-0.1, -0.05) is 18.2 Å². The number of primary amides is 1. The van der Waals surface area contributed by atoms with Gasteiger partial charge in [-0.3, -0.25) is 9.78 Å². The van der Waals surface area contributed by atoms with Crippen molar-refractivity contribution < 1.29 is 18.7 Å². The lowest BCUT2D eigenvalue weighted by Crippen LogP contribution is -2.24. The van der Waals surface area contributed by atoms with E-state index in [-0.39, 0.29) is 24.5 Å². The third-order valence-electron chi connectivity index (χ3n) is 4.48. The summed E-state index contributed by atoms with van der Waals surface area (Å²) in [6, 6.07) is 12.1. The van der Waals surface area contributed by atoms with Gasteiger partial charge in [-0.2, -0.15) is 0 Å². The predicted octanol–water partition coefficient (Wildman–Crippen LogP) is 3.74.